The van der Waals surface area contributed by atoms with Crippen molar-refractivity contribution in [2.75, 3.05) is 4.90 Å². The molecule has 3 heteroatoms. The highest BCUT2D eigenvalue weighted by molar-refractivity contribution is 5.77. The van der Waals surface area contributed by atoms with Crippen molar-refractivity contribution in [1.29, 1.82) is 0 Å². The van der Waals surface area contributed by atoms with Crippen molar-refractivity contribution in [2.24, 2.45) is 0 Å². The number of aromatic nitrogens is 2. The van der Waals surface area contributed by atoms with Gasteiger partial charge in [-0.2, -0.15) is 0 Å². The minimum atomic E-state index is 0.119. The highest BCUT2D eigenvalue weighted by Crippen LogP contribution is 2.41. The summed E-state index contributed by atoms with van der Waals surface area (Å²) in [6, 6.07) is 39.2. The molecule has 0 aliphatic heterocycles. The first-order valence-electron chi connectivity index (χ1n) is 15.3. The van der Waals surface area contributed by atoms with Gasteiger partial charge in [0.15, 0.2) is 0 Å². The maximum Gasteiger partial charge on any atom is 0.234 e. The van der Waals surface area contributed by atoms with E-state index in [1.54, 1.807) is 12.4 Å². The number of aryl methyl sites for hydroxylation is 6. The number of hydrogen-bond donors (Lipinski definition) is 0. The second-order valence-corrected chi connectivity index (χ2v) is 11.9. The molecule has 6 rings (SSSR count). The lowest BCUT2D eigenvalue weighted by Crippen LogP contribution is -2.14. The molecule has 44 heavy (non-hydrogen) atoms. The van der Waals surface area contributed by atoms with Crippen LogP contribution in [-0.4, -0.2) is 9.97 Å². The van der Waals surface area contributed by atoms with Crippen molar-refractivity contribution in [1.82, 2.24) is 9.97 Å². The highest BCUT2D eigenvalue weighted by atomic mass is 15.3. The maximum absolute atomic E-state index is 4.66. The van der Waals surface area contributed by atoms with Crippen LogP contribution in [0.3, 0.4) is 0 Å². The van der Waals surface area contributed by atoms with Gasteiger partial charge in [0, 0.05) is 29.7 Å². The first-order chi connectivity index (χ1) is 21.3. The van der Waals surface area contributed by atoms with E-state index in [1.807, 2.05) is 12.1 Å². The molecule has 0 aliphatic carbocycles. The lowest BCUT2D eigenvalue weighted by molar-refractivity contribution is 0.919. The minimum Gasteiger partial charge on any atom is -0.279 e. The van der Waals surface area contributed by atoms with Gasteiger partial charge in [0.1, 0.15) is 0 Å². The zero-order chi connectivity index (χ0) is 30.8. The fraction of sp³-hybridized carbons (Fsp3) is 0.171. The van der Waals surface area contributed by atoms with Crippen molar-refractivity contribution in [3.8, 4) is 11.1 Å². The van der Waals surface area contributed by atoms with Crippen LogP contribution in [0.25, 0.3) is 11.1 Å². The molecule has 218 valence electrons. The summed E-state index contributed by atoms with van der Waals surface area (Å²) in [4.78, 5) is 11.5. The number of nitrogens with zero attached hydrogens (tertiary/aromatic N) is 3. The third kappa shape index (κ3) is 5.78. The molecule has 0 aliphatic rings. The van der Waals surface area contributed by atoms with Gasteiger partial charge < -0.3 is 0 Å². The van der Waals surface area contributed by atoms with Crippen LogP contribution in [0.2, 0.25) is 0 Å². The number of anilines is 3. The molecule has 0 saturated carbocycles. The summed E-state index contributed by atoms with van der Waals surface area (Å²) >= 11 is 0. The van der Waals surface area contributed by atoms with Gasteiger partial charge in [-0.3, -0.25) is 4.90 Å². The van der Waals surface area contributed by atoms with E-state index in [-0.39, 0.29) is 5.92 Å². The molecular weight excluding hydrogens is 534 g/mol. The van der Waals surface area contributed by atoms with E-state index in [1.165, 1.54) is 55.6 Å². The SMILES string of the molecule is Cc1cc(C)c(C(c2ccc(N(c3cccc(-c4ccccc4)c3)c3ncccn3)cc2)c2c(C)cc(C)cc2C)c(C)c1. The lowest BCUT2D eigenvalue weighted by Gasteiger charge is -2.28. The molecule has 0 bridgehead atoms. The minimum absolute atomic E-state index is 0.119. The van der Waals surface area contributed by atoms with Gasteiger partial charge >= 0.3 is 0 Å². The average Bonchev–Trinajstić information content (AvgIpc) is 3.01. The topological polar surface area (TPSA) is 29.0 Å². The highest BCUT2D eigenvalue weighted by Gasteiger charge is 2.25. The maximum atomic E-state index is 4.66. The van der Waals surface area contributed by atoms with Crippen LogP contribution in [0, 0.1) is 41.5 Å². The van der Waals surface area contributed by atoms with Gasteiger partial charge in [-0.05, 0) is 122 Å². The molecule has 0 radical (unpaired) electrons. The summed E-state index contributed by atoms with van der Waals surface area (Å²) in [5.41, 5.74) is 16.3. The lowest BCUT2D eigenvalue weighted by atomic mass is 9.77. The molecule has 0 spiro atoms. The van der Waals surface area contributed by atoms with Crippen molar-refractivity contribution < 1.29 is 0 Å². The molecule has 0 fully saturated rings. The van der Waals surface area contributed by atoms with Crippen LogP contribution in [0.5, 0.6) is 0 Å². The zero-order valence-corrected chi connectivity index (χ0v) is 26.5. The monoisotopic (exact) mass is 573 g/mol. The van der Waals surface area contributed by atoms with E-state index in [0.717, 1.165) is 16.9 Å². The first kappa shape index (κ1) is 29.1. The molecule has 1 aromatic heterocycles. The molecule has 1 heterocycles. The summed E-state index contributed by atoms with van der Waals surface area (Å²) in [5, 5.41) is 0. The molecule has 5 aromatic carbocycles. The Labute approximate surface area is 261 Å². The third-order valence-electron chi connectivity index (χ3n) is 8.50. The number of hydrogen-bond acceptors (Lipinski definition) is 3. The Kier molecular flexibility index (Phi) is 8.13. The molecule has 6 aromatic rings. The molecular formula is C41H39N3. The van der Waals surface area contributed by atoms with E-state index in [4.69, 9.17) is 0 Å². The van der Waals surface area contributed by atoms with Gasteiger partial charge in [-0.15, -0.1) is 0 Å². The Morgan fingerprint density at radius 2 is 1.00 bits per heavy atom. The van der Waals surface area contributed by atoms with Crippen molar-refractivity contribution in [3.05, 3.63) is 172 Å². The second-order valence-electron chi connectivity index (χ2n) is 11.9. The Bertz CT molecular complexity index is 1800. The van der Waals surface area contributed by atoms with E-state index >= 15 is 0 Å². The molecule has 0 unspecified atom stereocenters. The van der Waals surface area contributed by atoms with E-state index in [9.17, 15) is 0 Å². The molecule has 0 saturated heterocycles. The molecule has 0 atom stereocenters. The predicted molar refractivity (Wildman–Crippen MR) is 184 cm³/mol. The first-order valence-corrected chi connectivity index (χ1v) is 15.3. The Morgan fingerprint density at radius 3 is 1.55 bits per heavy atom. The second kappa shape index (κ2) is 12.3. The van der Waals surface area contributed by atoms with Crippen LogP contribution in [0.15, 0.2) is 122 Å². The van der Waals surface area contributed by atoms with Crippen molar-refractivity contribution in [3.63, 3.8) is 0 Å². The quantitative estimate of drug-likeness (QED) is 0.178. The summed E-state index contributed by atoms with van der Waals surface area (Å²) in [6.07, 6.45) is 3.60. The van der Waals surface area contributed by atoms with Gasteiger partial charge in [-0.25, -0.2) is 9.97 Å². The van der Waals surface area contributed by atoms with Gasteiger partial charge in [0.25, 0.3) is 0 Å². The summed E-state index contributed by atoms with van der Waals surface area (Å²) in [6.45, 7) is 13.4. The van der Waals surface area contributed by atoms with Crippen LogP contribution < -0.4 is 4.90 Å². The zero-order valence-electron chi connectivity index (χ0n) is 26.5. The fourth-order valence-electron chi connectivity index (χ4n) is 6.83. The van der Waals surface area contributed by atoms with Crippen LogP contribution >= 0.6 is 0 Å². The van der Waals surface area contributed by atoms with Gasteiger partial charge in [0.2, 0.25) is 5.95 Å². The van der Waals surface area contributed by atoms with Gasteiger partial charge in [-0.1, -0.05) is 90.0 Å². The standard InChI is InChI=1S/C41H39N3/c1-27-22-29(3)38(30(4)23-27)40(39-31(5)24-28(2)25-32(39)6)34-16-18-36(19-17-34)44(41-42-20-11-21-43-41)37-15-10-14-35(26-37)33-12-8-7-9-13-33/h7-26,40H,1-6H3. The van der Waals surface area contributed by atoms with E-state index in [0.29, 0.717) is 5.95 Å². The summed E-state index contributed by atoms with van der Waals surface area (Å²) in [7, 11) is 0. The largest absolute Gasteiger partial charge is 0.279 e. The summed E-state index contributed by atoms with van der Waals surface area (Å²) < 4.78 is 0. The Morgan fingerprint density at radius 1 is 0.477 bits per heavy atom. The molecule has 3 nitrogen and oxygen atoms in total. The molecule has 0 N–H and O–H groups in total. The normalized spacial score (nSPS) is 11.2. The smallest absolute Gasteiger partial charge is 0.234 e. The van der Waals surface area contributed by atoms with Crippen molar-refractivity contribution in [2.45, 2.75) is 47.5 Å². The Balaban J connectivity index is 1.49. The predicted octanol–water partition coefficient (Wildman–Crippen LogP) is 10.6. The number of benzene rings is 5. The van der Waals surface area contributed by atoms with E-state index in [2.05, 4.69) is 153 Å². The third-order valence-corrected chi connectivity index (χ3v) is 8.50. The Hall–Kier alpha value is -5.02. The van der Waals surface area contributed by atoms with Gasteiger partial charge in [0.05, 0.1) is 0 Å². The average molecular weight is 574 g/mol. The van der Waals surface area contributed by atoms with E-state index < -0.39 is 0 Å². The van der Waals surface area contributed by atoms with Crippen molar-refractivity contribution >= 4 is 17.3 Å². The van der Waals surface area contributed by atoms with Crippen LogP contribution in [-0.2, 0) is 0 Å². The molecule has 0 amide bonds. The fourth-order valence-corrected chi connectivity index (χ4v) is 6.83. The summed E-state index contributed by atoms with van der Waals surface area (Å²) in [5.74, 6) is 0.755. The van der Waals surface area contributed by atoms with Crippen LogP contribution in [0.4, 0.5) is 17.3 Å². The van der Waals surface area contributed by atoms with Crippen LogP contribution in [0.1, 0.15) is 56.0 Å². The number of rotatable bonds is 7.